The molecule has 0 atom stereocenters. The minimum Gasteiger partial charge on any atom is -0.369 e. The smallest absolute Gasteiger partial charge is 0.224 e. The number of carbonyl (C=O) groups is 1. The molecule has 3 rings (SSSR count). The van der Waals surface area contributed by atoms with Crippen molar-refractivity contribution in [2.24, 2.45) is 0 Å². The van der Waals surface area contributed by atoms with Crippen LogP contribution in [0.15, 0.2) is 54.6 Å². The fourth-order valence-corrected chi connectivity index (χ4v) is 3.00. The van der Waals surface area contributed by atoms with E-state index in [2.05, 4.69) is 39.8 Å². The molecule has 140 valence electrons. The van der Waals surface area contributed by atoms with E-state index < -0.39 is 0 Å². The van der Waals surface area contributed by atoms with E-state index in [1.807, 2.05) is 44.2 Å². The number of hydrogen-bond acceptors (Lipinski definition) is 3. The van der Waals surface area contributed by atoms with Crippen LogP contribution in [0, 0.1) is 0 Å². The van der Waals surface area contributed by atoms with E-state index in [9.17, 15) is 4.79 Å². The van der Waals surface area contributed by atoms with Gasteiger partial charge in [-0.25, -0.2) is 0 Å². The fourth-order valence-electron chi connectivity index (χ4n) is 3.00. The van der Waals surface area contributed by atoms with Crippen LogP contribution in [0.3, 0.4) is 0 Å². The number of benzene rings is 2. The molecule has 0 bridgehead atoms. The summed E-state index contributed by atoms with van der Waals surface area (Å²) in [4.78, 5) is 14.4. The molecule has 0 radical (unpaired) electrons. The standard InChI is InChI=1S/C20H25N3O.C2H6/c24-20(8-4-7-17-5-2-1-3-6-17)22-18-9-11-19(12-10-18)23-15-13-21-14-16-23;1-2/h1-3,5-6,9-12,21H,4,7-8,13-16H2,(H,22,24);1-2H3. The lowest BCUT2D eigenvalue weighted by molar-refractivity contribution is -0.116. The van der Waals surface area contributed by atoms with Gasteiger partial charge in [0.1, 0.15) is 0 Å². The van der Waals surface area contributed by atoms with Gasteiger partial charge < -0.3 is 15.5 Å². The number of piperazine rings is 1. The summed E-state index contributed by atoms with van der Waals surface area (Å²) in [5.74, 6) is 0.0841. The molecule has 2 aromatic carbocycles. The second kappa shape index (κ2) is 11.3. The van der Waals surface area contributed by atoms with Gasteiger partial charge in [-0.1, -0.05) is 44.2 Å². The first-order valence-corrected chi connectivity index (χ1v) is 9.71. The summed E-state index contributed by atoms with van der Waals surface area (Å²) in [5.41, 5.74) is 3.38. The molecule has 0 spiro atoms. The first-order valence-electron chi connectivity index (χ1n) is 9.71. The lowest BCUT2D eigenvalue weighted by Crippen LogP contribution is -2.43. The third-order valence-electron chi connectivity index (χ3n) is 4.35. The van der Waals surface area contributed by atoms with Gasteiger partial charge in [-0.3, -0.25) is 4.79 Å². The Bertz CT molecular complexity index is 634. The molecule has 1 heterocycles. The molecule has 1 amide bonds. The molecular formula is C22H31N3O. The van der Waals surface area contributed by atoms with Gasteiger partial charge >= 0.3 is 0 Å². The molecular weight excluding hydrogens is 322 g/mol. The first-order chi connectivity index (χ1) is 12.8. The van der Waals surface area contributed by atoms with Gasteiger partial charge in [0.05, 0.1) is 0 Å². The van der Waals surface area contributed by atoms with Gasteiger partial charge in [0.15, 0.2) is 0 Å². The van der Waals surface area contributed by atoms with Crippen LogP contribution in [0.2, 0.25) is 0 Å². The van der Waals surface area contributed by atoms with Crippen molar-refractivity contribution in [1.82, 2.24) is 5.32 Å². The highest BCUT2D eigenvalue weighted by Crippen LogP contribution is 2.18. The van der Waals surface area contributed by atoms with Crippen molar-refractivity contribution >= 4 is 17.3 Å². The third kappa shape index (κ3) is 6.52. The number of nitrogens with one attached hydrogen (secondary N) is 2. The Morgan fingerprint density at radius 2 is 1.65 bits per heavy atom. The Labute approximate surface area is 157 Å². The summed E-state index contributed by atoms with van der Waals surface area (Å²) < 4.78 is 0. The zero-order chi connectivity index (χ0) is 18.6. The third-order valence-corrected chi connectivity index (χ3v) is 4.35. The molecule has 0 aliphatic carbocycles. The maximum absolute atomic E-state index is 12.1. The Hall–Kier alpha value is -2.33. The second-order valence-electron chi connectivity index (χ2n) is 6.17. The van der Waals surface area contributed by atoms with E-state index >= 15 is 0 Å². The number of anilines is 2. The van der Waals surface area contributed by atoms with Crippen molar-refractivity contribution in [1.29, 1.82) is 0 Å². The van der Waals surface area contributed by atoms with E-state index in [-0.39, 0.29) is 5.91 Å². The van der Waals surface area contributed by atoms with Crippen LogP contribution in [0.5, 0.6) is 0 Å². The molecule has 0 saturated carbocycles. The highest BCUT2D eigenvalue weighted by atomic mass is 16.1. The molecule has 1 saturated heterocycles. The Morgan fingerprint density at radius 1 is 1.00 bits per heavy atom. The molecule has 2 aromatic rings. The van der Waals surface area contributed by atoms with E-state index in [0.29, 0.717) is 6.42 Å². The highest BCUT2D eigenvalue weighted by molar-refractivity contribution is 5.90. The second-order valence-corrected chi connectivity index (χ2v) is 6.17. The molecule has 1 aliphatic rings. The Kier molecular flexibility index (Phi) is 8.70. The largest absolute Gasteiger partial charge is 0.369 e. The van der Waals surface area contributed by atoms with Gasteiger partial charge in [-0.2, -0.15) is 0 Å². The van der Waals surface area contributed by atoms with Crippen LogP contribution in [0.25, 0.3) is 0 Å². The van der Waals surface area contributed by atoms with Crippen LogP contribution >= 0.6 is 0 Å². The summed E-state index contributed by atoms with van der Waals surface area (Å²) in [6.45, 7) is 8.12. The number of aryl methyl sites for hydroxylation is 1. The van der Waals surface area contributed by atoms with Gasteiger partial charge in [0.2, 0.25) is 5.91 Å². The average molecular weight is 354 g/mol. The van der Waals surface area contributed by atoms with Crippen LogP contribution in [0.1, 0.15) is 32.3 Å². The predicted octanol–water partition coefficient (Wildman–Crippen LogP) is 4.08. The van der Waals surface area contributed by atoms with E-state index in [4.69, 9.17) is 0 Å². The zero-order valence-corrected chi connectivity index (χ0v) is 16.0. The maximum Gasteiger partial charge on any atom is 0.224 e. The molecule has 0 unspecified atom stereocenters. The van der Waals surface area contributed by atoms with Crippen molar-refractivity contribution in [2.45, 2.75) is 33.1 Å². The quantitative estimate of drug-likeness (QED) is 0.822. The molecule has 1 fully saturated rings. The zero-order valence-electron chi connectivity index (χ0n) is 16.0. The summed E-state index contributed by atoms with van der Waals surface area (Å²) >= 11 is 0. The first kappa shape index (κ1) is 20.0. The minimum absolute atomic E-state index is 0.0841. The minimum atomic E-state index is 0.0841. The summed E-state index contributed by atoms with van der Waals surface area (Å²) in [6.07, 6.45) is 2.36. The maximum atomic E-state index is 12.1. The molecule has 1 aliphatic heterocycles. The van der Waals surface area contributed by atoms with Crippen LogP contribution in [0.4, 0.5) is 11.4 Å². The van der Waals surface area contributed by atoms with Crippen LogP contribution in [-0.2, 0) is 11.2 Å². The number of rotatable bonds is 6. The highest BCUT2D eigenvalue weighted by Gasteiger charge is 2.10. The lowest BCUT2D eigenvalue weighted by atomic mass is 10.1. The Balaban J connectivity index is 0.00000117. The number of carbonyl (C=O) groups excluding carboxylic acids is 1. The molecule has 2 N–H and O–H groups in total. The fraction of sp³-hybridized carbons (Fsp3) is 0.409. The van der Waals surface area contributed by atoms with Crippen molar-refractivity contribution in [3.05, 3.63) is 60.2 Å². The van der Waals surface area contributed by atoms with Crippen molar-refractivity contribution in [3.63, 3.8) is 0 Å². The average Bonchev–Trinajstić information content (AvgIpc) is 2.71. The SMILES string of the molecule is CC.O=C(CCCc1ccccc1)Nc1ccc(N2CCNCC2)cc1. The summed E-state index contributed by atoms with van der Waals surface area (Å²) in [5, 5.41) is 6.34. The number of hydrogen-bond donors (Lipinski definition) is 2. The van der Waals surface area contributed by atoms with E-state index in [1.54, 1.807) is 0 Å². The molecule has 0 aromatic heterocycles. The van der Waals surface area contributed by atoms with E-state index in [1.165, 1.54) is 11.3 Å². The van der Waals surface area contributed by atoms with Crippen molar-refractivity contribution in [2.75, 3.05) is 36.4 Å². The van der Waals surface area contributed by atoms with Crippen LogP contribution in [-0.4, -0.2) is 32.1 Å². The summed E-state index contributed by atoms with van der Waals surface area (Å²) in [6, 6.07) is 18.5. The van der Waals surface area contributed by atoms with Gasteiger partial charge in [-0.15, -0.1) is 0 Å². The molecule has 4 nitrogen and oxygen atoms in total. The van der Waals surface area contributed by atoms with Gasteiger partial charge in [-0.05, 0) is 42.7 Å². The molecule has 26 heavy (non-hydrogen) atoms. The predicted molar refractivity (Wildman–Crippen MR) is 111 cm³/mol. The number of nitrogens with zero attached hydrogens (tertiary/aromatic N) is 1. The van der Waals surface area contributed by atoms with Crippen molar-refractivity contribution in [3.8, 4) is 0 Å². The van der Waals surface area contributed by atoms with Crippen molar-refractivity contribution < 1.29 is 4.79 Å². The van der Waals surface area contributed by atoms with E-state index in [0.717, 1.165) is 44.7 Å². The van der Waals surface area contributed by atoms with Crippen LogP contribution < -0.4 is 15.5 Å². The topological polar surface area (TPSA) is 44.4 Å². The lowest BCUT2D eigenvalue weighted by Gasteiger charge is -2.29. The monoisotopic (exact) mass is 353 g/mol. The molecule has 4 heteroatoms. The summed E-state index contributed by atoms with van der Waals surface area (Å²) in [7, 11) is 0. The van der Waals surface area contributed by atoms with Gasteiger partial charge in [0.25, 0.3) is 0 Å². The Morgan fingerprint density at radius 3 is 2.31 bits per heavy atom. The van der Waals surface area contributed by atoms with Gasteiger partial charge in [0, 0.05) is 44.0 Å². The number of amides is 1. The normalized spacial score (nSPS) is 13.5.